The fourth-order valence-corrected chi connectivity index (χ4v) is 1.03. The summed E-state index contributed by atoms with van der Waals surface area (Å²) < 4.78 is 0. The predicted octanol–water partition coefficient (Wildman–Crippen LogP) is 1.50. The van der Waals surface area contributed by atoms with Crippen LogP contribution >= 0.6 is 23.2 Å². The molecule has 1 aromatic rings. The van der Waals surface area contributed by atoms with Crippen LogP contribution in [-0.2, 0) is 6.54 Å². The molecule has 0 bridgehead atoms. The summed E-state index contributed by atoms with van der Waals surface area (Å²) in [6, 6.07) is 1.69. The SMILES string of the molecule is CNCc1cc(Cl)nnc1Cl. The molecule has 0 fully saturated rings. The van der Waals surface area contributed by atoms with E-state index < -0.39 is 0 Å². The fraction of sp³-hybridized carbons (Fsp3) is 0.333. The Bertz CT molecular complexity index is 252. The minimum atomic E-state index is 0.361. The van der Waals surface area contributed by atoms with Gasteiger partial charge in [-0.2, -0.15) is 0 Å². The zero-order valence-corrected chi connectivity index (χ0v) is 7.45. The third kappa shape index (κ3) is 2.29. The van der Waals surface area contributed by atoms with E-state index in [4.69, 9.17) is 23.2 Å². The topological polar surface area (TPSA) is 37.8 Å². The van der Waals surface area contributed by atoms with Crippen molar-refractivity contribution in [1.82, 2.24) is 15.5 Å². The average Bonchev–Trinajstić information content (AvgIpc) is 1.98. The molecule has 0 aromatic carbocycles. The summed E-state index contributed by atoms with van der Waals surface area (Å²) in [6.45, 7) is 0.647. The first-order valence-electron chi connectivity index (χ1n) is 3.06. The minimum absolute atomic E-state index is 0.361. The molecular weight excluding hydrogens is 185 g/mol. The highest BCUT2D eigenvalue weighted by Gasteiger charge is 2.01. The number of nitrogens with zero attached hydrogens (tertiary/aromatic N) is 2. The second-order valence-electron chi connectivity index (χ2n) is 2.01. The number of rotatable bonds is 2. The van der Waals surface area contributed by atoms with E-state index in [2.05, 4.69) is 15.5 Å². The number of nitrogens with one attached hydrogen (secondary N) is 1. The fourth-order valence-electron chi connectivity index (χ4n) is 0.702. The minimum Gasteiger partial charge on any atom is -0.316 e. The van der Waals surface area contributed by atoms with E-state index in [-0.39, 0.29) is 0 Å². The van der Waals surface area contributed by atoms with Gasteiger partial charge in [-0.15, -0.1) is 10.2 Å². The zero-order valence-electron chi connectivity index (χ0n) is 5.93. The Balaban J connectivity index is 2.93. The highest BCUT2D eigenvalue weighted by molar-refractivity contribution is 6.31. The first kappa shape index (κ1) is 8.71. The molecule has 0 aliphatic heterocycles. The van der Waals surface area contributed by atoms with E-state index >= 15 is 0 Å². The van der Waals surface area contributed by atoms with Crippen molar-refractivity contribution in [1.29, 1.82) is 0 Å². The van der Waals surface area contributed by atoms with Crippen LogP contribution in [0.4, 0.5) is 0 Å². The van der Waals surface area contributed by atoms with Gasteiger partial charge < -0.3 is 5.32 Å². The summed E-state index contributed by atoms with van der Waals surface area (Å²) in [7, 11) is 1.82. The summed E-state index contributed by atoms with van der Waals surface area (Å²) in [5.74, 6) is 0. The van der Waals surface area contributed by atoms with Gasteiger partial charge in [-0.25, -0.2) is 0 Å². The smallest absolute Gasteiger partial charge is 0.156 e. The van der Waals surface area contributed by atoms with Gasteiger partial charge in [0, 0.05) is 12.1 Å². The van der Waals surface area contributed by atoms with Gasteiger partial charge in [-0.1, -0.05) is 23.2 Å². The van der Waals surface area contributed by atoms with Crippen LogP contribution in [0.2, 0.25) is 10.3 Å². The van der Waals surface area contributed by atoms with Gasteiger partial charge >= 0.3 is 0 Å². The number of halogens is 2. The van der Waals surface area contributed by atoms with Gasteiger partial charge in [0.05, 0.1) is 0 Å². The van der Waals surface area contributed by atoms with Crippen molar-refractivity contribution in [2.24, 2.45) is 0 Å². The van der Waals surface area contributed by atoms with Crippen molar-refractivity contribution in [3.05, 3.63) is 21.9 Å². The molecule has 3 nitrogen and oxygen atoms in total. The second-order valence-corrected chi connectivity index (χ2v) is 2.76. The van der Waals surface area contributed by atoms with Gasteiger partial charge in [-0.05, 0) is 13.1 Å². The van der Waals surface area contributed by atoms with Crippen molar-refractivity contribution >= 4 is 23.2 Å². The molecule has 60 valence electrons. The van der Waals surface area contributed by atoms with Gasteiger partial charge in [0.2, 0.25) is 0 Å². The quantitative estimate of drug-likeness (QED) is 0.771. The van der Waals surface area contributed by atoms with Crippen molar-refractivity contribution in [3.63, 3.8) is 0 Å². The normalized spacial score (nSPS) is 10.1. The molecule has 1 aromatic heterocycles. The molecule has 0 unspecified atom stereocenters. The van der Waals surface area contributed by atoms with E-state index in [1.165, 1.54) is 0 Å². The number of hydrogen-bond acceptors (Lipinski definition) is 3. The summed E-state index contributed by atoms with van der Waals surface area (Å²) in [6.07, 6.45) is 0. The standard InChI is InChI=1S/C6H7Cl2N3/c1-9-3-4-2-5(7)10-11-6(4)8/h2,9H,3H2,1H3. The number of hydrogen-bond donors (Lipinski definition) is 1. The summed E-state index contributed by atoms with van der Waals surface area (Å²) in [4.78, 5) is 0. The Kier molecular flexibility index (Phi) is 3.05. The lowest BCUT2D eigenvalue weighted by Crippen LogP contribution is -2.06. The first-order valence-corrected chi connectivity index (χ1v) is 3.82. The molecule has 1 heterocycles. The van der Waals surface area contributed by atoms with Gasteiger partial charge in [0.1, 0.15) is 0 Å². The Labute approximate surface area is 74.7 Å². The predicted molar refractivity (Wildman–Crippen MR) is 44.8 cm³/mol. The van der Waals surface area contributed by atoms with Crippen molar-refractivity contribution < 1.29 is 0 Å². The lowest BCUT2D eigenvalue weighted by atomic mass is 10.3. The van der Waals surface area contributed by atoms with E-state index in [0.29, 0.717) is 16.9 Å². The van der Waals surface area contributed by atoms with Crippen molar-refractivity contribution in [2.75, 3.05) is 7.05 Å². The van der Waals surface area contributed by atoms with E-state index in [9.17, 15) is 0 Å². The second kappa shape index (κ2) is 3.85. The third-order valence-corrected chi connectivity index (χ3v) is 1.66. The van der Waals surface area contributed by atoms with E-state index in [1.807, 2.05) is 7.05 Å². The first-order chi connectivity index (χ1) is 5.24. The molecule has 1 rings (SSSR count). The van der Waals surface area contributed by atoms with E-state index in [1.54, 1.807) is 6.07 Å². The molecule has 11 heavy (non-hydrogen) atoms. The van der Waals surface area contributed by atoms with Crippen LogP contribution in [0.15, 0.2) is 6.07 Å². The lowest BCUT2D eigenvalue weighted by Gasteiger charge is -2.00. The maximum atomic E-state index is 5.70. The van der Waals surface area contributed by atoms with Crippen molar-refractivity contribution in [2.45, 2.75) is 6.54 Å². The van der Waals surface area contributed by atoms with Crippen molar-refractivity contribution in [3.8, 4) is 0 Å². The molecule has 0 spiro atoms. The summed E-state index contributed by atoms with van der Waals surface area (Å²) >= 11 is 11.3. The largest absolute Gasteiger partial charge is 0.316 e. The molecule has 0 saturated carbocycles. The van der Waals surface area contributed by atoms with Crippen LogP contribution in [-0.4, -0.2) is 17.2 Å². The maximum Gasteiger partial charge on any atom is 0.156 e. The molecule has 0 atom stereocenters. The molecular formula is C6H7Cl2N3. The summed E-state index contributed by atoms with van der Waals surface area (Å²) in [5.41, 5.74) is 0.856. The van der Waals surface area contributed by atoms with Crippen LogP contribution < -0.4 is 5.32 Å². The molecule has 0 aliphatic carbocycles. The molecule has 0 aliphatic rings. The highest BCUT2D eigenvalue weighted by atomic mass is 35.5. The lowest BCUT2D eigenvalue weighted by molar-refractivity contribution is 0.805. The van der Waals surface area contributed by atoms with Crippen LogP contribution in [0, 0.1) is 0 Å². The average molecular weight is 192 g/mol. The third-order valence-electron chi connectivity index (χ3n) is 1.16. The molecule has 0 radical (unpaired) electrons. The molecule has 0 amide bonds. The van der Waals surface area contributed by atoms with Crippen LogP contribution in [0.3, 0.4) is 0 Å². The van der Waals surface area contributed by atoms with E-state index in [0.717, 1.165) is 5.56 Å². The Hall–Kier alpha value is -0.380. The van der Waals surface area contributed by atoms with Crippen LogP contribution in [0.5, 0.6) is 0 Å². The monoisotopic (exact) mass is 191 g/mol. The Morgan fingerprint density at radius 1 is 1.45 bits per heavy atom. The maximum absolute atomic E-state index is 5.70. The van der Waals surface area contributed by atoms with Crippen LogP contribution in [0.1, 0.15) is 5.56 Å². The number of aromatic nitrogens is 2. The van der Waals surface area contributed by atoms with Crippen LogP contribution in [0.25, 0.3) is 0 Å². The van der Waals surface area contributed by atoms with Gasteiger partial charge in [0.15, 0.2) is 10.3 Å². The van der Waals surface area contributed by atoms with Gasteiger partial charge in [0.25, 0.3) is 0 Å². The van der Waals surface area contributed by atoms with Gasteiger partial charge in [-0.3, -0.25) is 0 Å². The molecule has 0 saturated heterocycles. The highest BCUT2D eigenvalue weighted by Crippen LogP contribution is 2.14. The zero-order chi connectivity index (χ0) is 8.27. The molecule has 5 heteroatoms. The Morgan fingerprint density at radius 3 is 2.82 bits per heavy atom. The Morgan fingerprint density at radius 2 is 2.18 bits per heavy atom. The summed E-state index contributed by atoms with van der Waals surface area (Å²) in [5, 5.41) is 10.9. The molecule has 1 N–H and O–H groups in total.